The van der Waals surface area contributed by atoms with Crippen LogP contribution in [0.4, 0.5) is 13.2 Å². The summed E-state index contributed by atoms with van der Waals surface area (Å²) in [6.45, 7) is 4.87. The van der Waals surface area contributed by atoms with Crippen molar-refractivity contribution in [3.63, 3.8) is 0 Å². The molecule has 1 heterocycles. The average molecular weight is 453 g/mol. The van der Waals surface area contributed by atoms with E-state index < -0.39 is 11.9 Å². The maximum atomic E-state index is 13.2. The molecule has 0 saturated carbocycles. The van der Waals surface area contributed by atoms with Gasteiger partial charge in [-0.2, -0.15) is 18.3 Å². The molecule has 6 nitrogen and oxygen atoms in total. The van der Waals surface area contributed by atoms with Crippen molar-refractivity contribution in [2.45, 2.75) is 65.0 Å². The van der Waals surface area contributed by atoms with Crippen molar-refractivity contribution < 1.29 is 13.2 Å². The molecule has 0 atom stereocenters. The number of aromatic nitrogens is 2. The Hall–Kier alpha value is -2.97. The van der Waals surface area contributed by atoms with E-state index in [4.69, 9.17) is 17.2 Å². The van der Waals surface area contributed by atoms with Crippen LogP contribution in [0, 0.1) is 0 Å². The number of hydrogen-bond acceptors (Lipinski definition) is 5. The minimum absolute atomic E-state index is 0.0437. The molecule has 1 rings (SSSR count). The van der Waals surface area contributed by atoms with Crippen molar-refractivity contribution in [2.24, 2.45) is 22.2 Å². The van der Waals surface area contributed by atoms with Gasteiger partial charge in [0.15, 0.2) is 0 Å². The van der Waals surface area contributed by atoms with Gasteiger partial charge in [0.05, 0.1) is 6.20 Å². The van der Waals surface area contributed by atoms with Gasteiger partial charge in [0.1, 0.15) is 5.69 Å². The molecule has 0 aromatic carbocycles. The molecule has 0 aliphatic carbocycles. The number of alkyl halides is 3. The van der Waals surface area contributed by atoms with E-state index in [1.807, 2.05) is 12.0 Å². The molecule has 0 aliphatic rings. The number of halogens is 3. The van der Waals surface area contributed by atoms with E-state index in [0.717, 1.165) is 37.7 Å². The second-order valence-electron chi connectivity index (χ2n) is 7.35. The highest BCUT2D eigenvalue weighted by molar-refractivity contribution is 5.74. The number of unbranched alkanes of at least 4 members (excludes halogenated alkanes) is 3. The fourth-order valence-electron chi connectivity index (χ4n) is 3.12. The Labute approximate surface area is 188 Å². The Balaban J connectivity index is 3.14. The first-order chi connectivity index (χ1) is 15.3. The highest BCUT2D eigenvalue weighted by Gasteiger charge is 2.35. The van der Waals surface area contributed by atoms with Gasteiger partial charge in [-0.05, 0) is 37.3 Å². The number of nitrogens with zero attached hydrogens (tertiary/aromatic N) is 2. The quantitative estimate of drug-likeness (QED) is 0.194. The number of aromatic amines is 1. The monoisotopic (exact) mass is 452 g/mol. The van der Waals surface area contributed by atoms with Gasteiger partial charge < -0.3 is 17.2 Å². The Morgan fingerprint density at radius 1 is 1.09 bits per heavy atom. The number of rotatable bonds is 13. The van der Waals surface area contributed by atoms with Crippen LogP contribution in [0.25, 0.3) is 0 Å². The molecular formula is C23H35F3N6. The molecule has 9 heteroatoms. The molecule has 0 saturated heterocycles. The summed E-state index contributed by atoms with van der Waals surface area (Å²) in [5.74, 6) is 0. The molecule has 0 amide bonds. The van der Waals surface area contributed by atoms with Crippen molar-refractivity contribution in [3.05, 3.63) is 64.4 Å². The van der Waals surface area contributed by atoms with Crippen LogP contribution in [0.3, 0.4) is 0 Å². The molecule has 1 aromatic rings. The number of allylic oxidation sites excluding steroid dienone is 4. The lowest BCUT2D eigenvalue weighted by molar-refractivity contribution is -0.141. The Kier molecular flexibility index (Phi) is 12.0. The van der Waals surface area contributed by atoms with Crippen LogP contribution < -0.4 is 17.2 Å². The third kappa shape index (κ3) is 8.64. The summed E-state index contributed by atoms with van der Waals surface area (Å²) < 4.78 is 39.5. The lowest BCUT2D eigenvalue weighted by atomic mass is 9.91. The molecule has 0 aliphatic heterocycles. The molecule has 1 aromatic heterocycles. The van der Waals surface area contributed by atoms with Gasteiger partial charge in [-0.3, -0.25) is 10.1 Å². The number of nitrogens with one attached hydrogen (secondary N) is 1. The maximum absolute atomic E-state index is 13.2. The first kappa shape index (κ1) is 27.1. The van der Waals surface area contributed by atoms with Gasteiger partial charge in [0, 0.05) is 47.6 Å². The first-order valence-electron chi connectivity index (χ1n) is 10.9. The molecule has 0 fully saturated rings. The summed E-state index contributed by atoms with van der Waals surface area (Å²) in [5.41, 5.74) is 19.4. The Bertz CT molecular complexity index is 844. The number of nitrogens with two attached hydrogens (primary N) is 3. The van der Waals surface area contributed by atoms with E-state index >= 15 is 0 Å². The normalized spacial score (nSPS) is 14.5. The van der Waals surface area contributed by atoms with E-state index in [9.17, 15) is 13.2 Å². The van der Waals surface area contributed by atoms with E-state index in [0.29, 0.717) is 29.8 Å². The van der Waals surface area contributed by atoms with Crippen LogP contribution in [-0.2, 0) is 12.6 Å². The van der Waals surface area contributed by atoms with E-state index in [2.05, 4.69) is 17.0 Å². The summed E-state index contributed by atoms with van der Waals surface area (Å²) in [4.78, 5) is 4.32. The molecule has 32 heavy (non-hydrogen) atoms. The van der Waals surface area contributed by atoms with Crippen LogP contribution in [0.15, 0.2) is 58.2 Å². The largest absolute Gasteiger partial charge is 0.433 e. The third-order valence-electron chi connectivity index (χ3n) is 4.90. The standard InChI is InChI=1S/C23H35F3N6/c1-3-5-7-12-30-13-11-21(29)20(15-28)19(14-27)17(8-6-4-2)9-10-18-16-31-32-22(18)23(24,25)26/h9,11,13-16H,3-8,10,12,27-29H2,1-2H3,(H,31,32)/b17-9-,19-14+,20-15?,21-11?,30-13?. The lowest BCUT2D eigenvalue weighted by Gasteiger charge is -2.16. The van der Waals surface area contributed by atoms with Crippen LogP contribution in [-0.4, -0.2) is 23.0 Å². The first-order valence-corrected chi connectivity index (χ1v) is 10.9. The van der Waals surface area contributed by atoms with Gasteiger partial charge in [-0.25, -0.2) is 0 Å². The van der Waals surface area contributed by atoms with Crippen molar-refractivity contribution >= 4 is 6.21 Å². The van der Waals surface area contributed by atoms with Crippen LogP contribution in [0.2, 0.25) is 0 Å². The minimum Gasteiger partial charge on any atom is -0.404 e. The SMILES string of the molecule is CCCCCN=CC=C(N)C(=CN)C(=C/N)/C(=C\Cc1cn[nH]c1C(F)(F)F)CCCC. The topological polar surface area (TPSA) is 119 Å². The van der Waals surface area contributed by atoms with Crippen LogP contribution in [0.5, 0.6) is 0 Å². The van der Waals surface area contributed by atoms with Gasteiger partial charge >= 0.3 is 6.18 Å². The smallest absolute Gasteiger partial charge is 0.404 e. The minimum atomic E-state index is -4.50. The summed E-state index contributed by atoms with van der Waals surface area (Å²) >= 11 is 0. The van der Waals surface area contributed by atoms with Crippen molar-refractivity contribution in [1.82, 2.24) is 10.2 Å². The van der Waals surface area contributed by atoms with Gasteiger partial charge in [0.2, 0.25) is 0 Å². The van der Waals surface area contributed by atoms with Crippen LogP contribution >= 0.6 is 0 Å². The van der Waals surface area contributed by atoms with Crippen LogP contribution in [0.1, 0.15) is 63.6 Å². The summed E-state index contributed by atoms with van der Waals surface area (Å²) in [6.07, 6.45) is 10.1. The average Bonchev–Trinajstić information content (AvgIpc) is 3.24. The van der Waals surface area contributed by atoms with Gasteiger partial charge in [0.25, 0.3) is 0 Å². The Morgan fingerprint density at radius 3 is 2.38 bits per heavy atom. The molecule has 178 valence electrons. The van der Waals surface area contributed by atoms with E-state index in [1.165, 1.54) is 18.6 Å². The molecule has 0 spiro atoms. The predicted octanol–water partition coefficient (Wildman–Crippen LogP) is 4.88. The molecule has 0 bridgehead atoms. The zero-order valence-corrected chi connectivity index (χ0v) is 18.9. The third-order valence-corrected chi connectivity index (χ3v) is 4.90. The van der Waals surface area contributed by atoms with Crippen molar-refractivity contribution in [3.8, 4) is 0 Å². The molecule has 7 N–H and O–H groups in total. The number of H-pyrrole nitrogens is 1. The maximum Gasteiger partial charge on any atom is 0.433 e. The highest BCUT2D eigenvalue weighted by Crippen LogP contribution is 2.31. The van der Waals surface area contributed by atoms with Crippen molar-refractivity contribution in [2.75, 3.05) is 6.54 Å². The lowest BCUT2D eigenvalue weighted by Crippen LogP contribution is -2.11. The zero-order valence-electron chi connectivity index (χ0n) is 18.9. The highest BCUT2D eigenvalue weighted by atomic mass is 19.4. The van der Waals surface area contributed by atoms with E-state index in [1.54, 1.807) is 18.4 Å². The summed E-state index contributed by atoms with van der Waals surface area (Å²) in [7, 11) is 0. The molecular weight excluding hydrogens is 417 g/mol. The fraction of sp³-hybridized carbons (Fsp3) is 0.478. The second-order valence-corrected chi connectivity index (χ2v) is 7.35. The fourth-order valence-corrected chi connectivity index (χ4v) is 3.12. The van der Waals surface area contributed by atoms with E-state index in [-0.39, 0.29) is 12.0 Å². The predicted molar refractivity (Wildman–Crippen MR) is 125 cm³/mol. The molecule has 0 radical (unpaired) electrons. The molecule has 0 unspecified atom stereocenters. The number of hydrogen-bond donors (Lipinski definition) is 4. The Morgan fingerprint density at radius 2 is 1.78 bits per heavy atom. The summed E-state index contributed by atoms with van der Waals surface area (Å²) in [5, 5.41) is 5.58. The summed E-state index contributed by atoms with van der Waals surface area (Å²) in [6, 6.07) is 0. The number of aliphatic imine (C=N–C) groups is 1. The van der Waals surface area contributed by atoms with Crippen molar-refractivity contribution in [1.29, 1.82) is 0 Å². The van der Waals surface area contributed by atoms with Gasteiger partial charge in [-0.1, -0.05) is 39.2 Å². The zero-order chi connectivity index (χ0) is 24.0. The van der Waals surface area contributed by atoms with Gasteiger partial charge in [-0.15, -0.1) is 0 Å². The second kappa shape index (κ2) is 14.2.